The fourth-order valence-corrected chi connectivity index (χ4v) is 4.81. The SMILES string of the molecule is CCc1ccc(CN2CC[C@@]3(C[C@H](N4CCCC4=O)CCO3)C2)cc1.O=C(O)C(F)(F)F. The number of nitrogens with zero attached hydrogens (tertiary/aromatic N) is 2. The van der Waals surface area contributed by atoms with Crippen molar-refractivity contribution in [3.05, 3.63) is 35.4 Å². The molecule has 3 fully saturated rings. The van der Waals surface area contributed by atoms with E-state index in [1.54, 1.807) is 0 Å². The van der Waals surface area contributed by atoms with Gasteiger partial charge in [-0.15, -0.1) is 0 Å². The van der Waals surface area contributed by atoms with Gasteiger partial charge in [-0.2, -0.15) is 13.2 Å². The topological polar surface area (TPSA) is 70.1 Å². The maximum atomic E-state index is 12.1. The van der Waals surface area contributed by atoms with Gasteiger partial charge in [-0.3, -0.25) is 9.69 Å². The number of aryl methyl sites for hydroxylation is 1. The van der Waals surface area contributed by atoms with Gasteiger partial charge < -0.3 is 14.7 Å². The van der Waals surface area contributed by atoms with Crippen molar-refractivity contribution >= 4 is 11.9 Å². The summed E-state index contributed by atoms with van der Waals surface area (Å²) in [7, 11) is 0. The Hall–Kier alpha value is -2.13. The number of benzene rings is 1. The molecule has 3 aliphatic heterocycles. The minimum absolute atomic E-state index is 0.0326. The van der Waals surface area contributed by atoms with Gasteiger partial charge in [0.1, 0.15) is 0 Å². The molecule has 6 nitrogen and oxygen atoms in total. The summed E-state index contributed by atoms with van der Waals surface area (Å²) >= 11 is 0. The molecule has 0 aliphatic carbocycles. The summed E-state index contributed by atoms with van der Waals surface area (Å²) in [6.45, 7) is 7.04. The zero-order valence-corrected chi connectivity index (χ0v) is 18.4. The van der Waals surface area contributed by atoms with Crippen molar-refractivity contribution in [1.29, 1.82) is 0 Å². The quantitative estimate of drug-likeness (QED) is 0.750. The van der Waals surface area contributed by atoms with Crippen LogP contribution in [0.2, 0.25) is 0 Å². The molecule has 0 bridgehead atoms. The number of carbonyl (C=O) groups excluding carboxylic acids is 1. The molecule has 178 valence electrons. The minimum atomic E-state index is -5.08. The third-order valence-corrected chi connectivity index (χ3v) is 6.49. The molecular weight excluding hydrogens is 425 g/mol. The van der Waals surface area contributed by atoms with Crippen molar-refractivity contribution in [2.45, 2.75) is 69.8 Å². The van der Waals surface area contributed by atoms with Crippen molar-refractivity contribution < 1.29 is 32.6 Å². The molecule has 0 aromatic heterocycles. The molecule has 4 rings (SSSR count). The van der Waals surface area contributed by atoms with Crippen LogP contribution in [-0.2, 0) is 27.3 Å². The lowest BCUT2D eigenvalue weighted by Gasteiger charge is -2.41. The van der Waals surface area contributed by atoms with E-state index in [1.165, 1.54) is 11.1 Å². The molecule has 0 saturated carbocycles. The van der Waals surface area contributed by atoms with Gasteiger partial charge in [0.05, 0.1) is 5.60 Å². The summed E-state index contributed by atoms with van der Waals surface area (Å²) in [5.41, 5.74) is 2.75. The Morgan fingerprint density at radius 1 is 1.22 bits per heavy atom. The average molecular weight is 457 g/mol. The number of amides is 1. The molecule has 1 aromatic carbocycles. The maximum absolute atomic E-state index is 12.1. The molecule has 1 spiro atoms. The van der Waals surface area contributed by atoms with E-state index in [-0.39, 0.29) is 5.60 Å². The number of rotatable bonds is 4. The molecule has 1 aromatic rings. The Kier molecular flexibility index (Phi) is 7.82. The van der Waals surface area contributed by atoms with Crippen LogP contribution in [0.3, 0.4) is 0 Å². The summed E-state index contributed by atoms with van der Waals surface area (Å²) < 4.78 is 38.0. The monoisotopic (exact) mass is 456 g/mol. The van der Waals surface area contributed by atoms with Gasteiger partial charge in [0.2, 0.25) is 5.91 Å². The third kappa shape index (κ3) is 6.22. The highest BCUT2D eigenvalue weighted by Crippen LogP contribution is 2.37. The van der Waals surface area contributed by atoms with Gasteiger partial charge in [-0.1, -0.05) is 31.2 Å². The smallest absolute Gasteiger partial charge is 0.475 e. The first-order chi connectivity index (χ1) is 15.1. The second kappa shape index (κ2) is 10.2. The third-order valence-electron chi connectivity index (χ3n) is 6.49. The number of ether oxygens (including phenoxy) is 1. The standard InChI is InChI=1S/C21H30N2O2.C2HF3O2/c1-2-17-5-7-18(8-6-17)15-22-12-10-21(16-22)14-19(9-13-25-21)23-11-3-4-20(23)24;3-2(4,5)1(6)7/h5-8,19H,2-4,9-16H2,1H3;(H,6,7)/t19-,21-;/m1./s1. The number of halogens is 3. The zero-order valence-electron chi connectivity index (χ0n) is 18.4. The second-order valence-corrected chi connectivity index (χ2v) is 8.80. The van der Waals surface area contributed by atoms with Gasteiger partial charge in [0.15, 0.2) is 0 Å². The number of carboxylic acids is 1. The Balaban J connectivity index is 0.000000360. The molecule has 2 atom stereocenters. The van der Waals surface area contributed by atoms with Crippen LogP contribution in [0.4, 0.5) is 13.2 Å². The lowest BCUT2D eigenvalue weighted by Crippen LogP contribution is -2.50. The Morgan fingerprint density at radius 3 is 2.44 bits per heavy atom. The van der Waals surface area contributed by atoms with E-state index in [0.717, 1.165) is 71.3 Å². The minimum Gasteiger partial charge on any atom is -0.475 e. The normalized spacial score (nSPS) is 26.3. The highest BCUT2D eigenvalue weighted by molar-refractivity contribution is 5.78. The molecule has 3 heterocycles. The van der Waals surface area contributed by atoms with E-state index >= 15 is 0 Å². The van der Waals surface area contributed by atoms with Crippen molar-refractivity contribution in [1.82, 2.24) is 9.80 Å². The molecular formula is C23H31F3N2O4. The highest BCUT2D eigenvalue weighted by Gasteiger charge is 2.45. The van der Waals surface area contributed by atoms with Crippen LogP contribution in [0.1, 0.15) is 50.2 Å². The summed E-state index contributed by atoms with van der Waals surface area (Å²) in [6.07, 6.45) is 0.902. The summed E-state index contributed by atoms with van der Waals surface area (Å²) in [6, 6.07) is 9.40. The van der Waals surface area contributed by atoms with E-state index in [1.807, 2.05) is 0 Å². The second-order valence-electron chi connectivity index (χ2n) is 8.80. The molecule has 9 heteroatoms. The largest absolute Gasteiger partial charge is 0.490 e. The first kappa shape index (κ1) is 24.5. The first-order valence-corrected chi connectivity index (χ1v) is 11.2. The van der Waals surface area contributed by atoms with Gasteiger partial charge in [-0.05, 0) is 43.2 Å². The lowest BCUT2D eigenvalue weighted by molar-refractivity contribution is -0.192. The first-order valence-electron chi connectivity index (χ1n) is 11.2. The van der Waals surface area contributed by atoms with Crippen molar-refractivity contribution in [3.63, 3.8) is 0 Å². The van der Waals surface area contributed by atoms with Crippen molar-refractivity contribution in [2.24, 2.45) is 0 Å². The maximum Gasteiger partial charge on any atom is 0.490 e. The van der Waals surface area contributed by atoms with Gasteiger partial charge in [0.25, 0.3) is 0 Å². The van der Waals surface area contributed by atoms with Crippen LogP contribution in [0.5, 0.6) is 0 Å². The molecule has 1 amide bonds. The van der Waals surface area contributed by atoms with Gasteiger partial charge >= 0.3 is 12.1 Å². The lowest BCUT2D eigenvalue weighted by atomic mass is 9.89. The number of carboxylic acid groups (broad SMARTS) is 1. The highest BCUT2D eigenvalue weighted by atomic mass is 19.4. The number of alkyl halides is 3. The van der Waals surface area contributed by atoms with E-state index < -0.39 is 12.1 Å². The van der Waals surface area contributed by atoms with Gasteiger partial charge in [-0.25, -0.2) is 4.79 Å². The number of hydrogen-bond donors (Lipinski definition) is 1. The van der Waals surface area contributed by atoms with E-state index in [0.29, 0.717) is 11.9 Å². The van der Waals surface area contributed by atoms with E-state index in [9.17, 15) is 18.0 Å². The number of likely N-dealkylation sites (tertiary alicyclic amines) is 2. The summed E-state index contributed by atoms with van der Waals surface area (Å²) in [4.78, 5) is 25.7. The van der Waals surface area contributed by atoms with Crippen molar-refractivity contribution in [3.8, 4) is 0 Å². The van der Waals surface area contributed by atoms with Crippen LogP contribution in [0.15, 0.2) is 24.3 Å². The zero-order chi connectivity index (χ0) is 23.4. The predicted molar refractivity (Wildman–Crippen MR) is 112 cm³/mol. The van der Waals surface area contributed by atoms with E-state index in [2.05, 4.69) is 41.0 Å². The molecule has 3 saturated heterocycles. The fraction of sp³-hybridized carbons (Fsp3) is 0.652. The molecule has 0 unspecified atom stereocenters. The molecule has 0 radical (unpaired) electrons. The fourth-order valence-electron chi connectivity index (χ4n) is 4.81. The van der Waals surface area contributed by atoms with Crippen LogP contribution in [0, 0.1) is 0 Å². The van der Waals surface area contributed by atoms with Crippen LogP contribution >= 0.6 is 0 Å². The van der Waals surface area contributed by atoms with Gasteiger partial charge in [0, 0.05) is 45.2 Å². The molecule has 32 heavy (non-hydrogen) atoms. The Bertz CT molecular complexity index is 799. The molecule has 1 N–H and O–H groups in total. The number of hydrogen-bond acceptors (Lipinski definition) is 4. The molecule has 3 aliphatic rings. The predicted octanol–water partition coefficient (Wildman–Crippen LogP) is 3.63. The summed E-state index contributed by atoms with van der Waals surface area (Å²) in [5.74, 6) is -2.40. The summed E-state index contributed by atoms with van der Waals surface area (Å²) in [5, 5.41) is 7.12. The van der Waals surface area contributed by atoms with Crippen LogP contribution in [0.25, 0.3) is 0 Å². The van der Waals surface area contributed by atoms with Crippen molar-refractivity contribution in [2.75, 3.05) is 26.2 Å². The van der Waals surface area contributed by atoms with Crippen LogP contribution < -0.4 is 0 Å². The number of aliphatic carboxylic acids is 1. The Morgan fingerprint density at radius 2 is 1.88 bits per heavy atom. The number of carbonyl (C=O) groups is 2. The van der Waals surface area contributed by atoms with Crippen LogP contribution in [-0.4, -0.2) is 70.8 Å². The average Bonchev–Trinajstić information content (AvgIpc) is 3.34. The van der Waals surface area contributed by atoms with E-state index in [4.69, 9.17) is 14.6 Å². The Labute approximate surface area is 186 Å².